The number of hydrogen-bond acceptors (Lipinski definition) is 26. The summed E-state index contributed by atoms with van der Waals surface area (Å²) in [4.78, 5) is 0. The lowest BCUT2D eigenvalue weighted by molar-refractivity contribution is -0.399. The second-order valence-electron chi connectivity index (χ2n) is 14.9. The summed E-state index contributed by atoms with van der Waals surface area (Å²) in [6.07, 6.45) is -44.1. The monoisotopic (exact) mass is 869 g/mol. The lowest BCUT2D eigenvalue weighted by Crippen LogP contribution is -2.68. The molecular weight excluding hydrogens is 810 g/mol. The molecule has 17 N–H and O–H groups in total. The van der Waals surface area contributed by atoms with Crippen molar-refractivity contribution in [1.82, 2.24) is 0 Å². The summed E-state index contributed by atoms with van der Waals surface area (Å²) in [5.74, 6) is 0. The first kappa shape index (κ1) is 49.0. The van der Waals surface area contributed by atoms with Crippen LogP contribution in [0.1, 0.15) is 13.3 Å². The molecule has 0 aromatic carbocycles. The number of ether oxygens (including phenoxy) is 10. The predicted molar refractivity (Wildman–Crippen MR) is 183 cm³/mol. The SMILES string of the molecule is C[C@@H]1O[C@@H](O[C@@H]2[C@@H](O)[C@H](OCCCN)O[C@H](CO)[C@H]2O)[C@H](O)[C@H](O[C@@H]2O[C@H](CO)[C@@H](O)[C@H](O[C@@H]3O[C@H](CO)[C@@H](O)[C@H](O)[C@@H]3O[C@H]3O[C@H](CO)[C@@H](O)[C@H](O)[C@@H]3O)[C@@H]2O)[C@H]1O. The van der Waals surface area contributed by atoms with Crippen LogP contribution in [0.25, 0.3) is 0 Å². The molecule has 59 heavy (non-hydrogen) atoms. The Hall–Kier alpha value is -1.04. The van der Waals surface area contributed by atoms with Crippen molar-refractivity contribution in [3.8, 4) is 0 Å². The molecule has 5 saturated heterocycles. The number of aliphatic hydroxyl groups is 15. The van der Waals surface area contributed by atoms with Gasteiger partial charge in [0.1, 0.15) is 116 Å². The molecule has 0 aromatic rings. The Morgan fingerprint density at radius 1 is 0.390 bits per heavy atom. The molecule has 0 radical (unpaired) electrons. The van der Waals surface area contributed by atoms with E-state index >= 15 is 0 Å². The van der Waals surface area contributed by atoms with Crippen molar-refractivity contribution in [2.24, 2.45) is 5.73 Å². The Kier molecular flexibility index (Phi) is 17.9. The molecule has 26 heteroatoms. The van der Waals surface area contributed by atoms with Crippen molar-refractivity contribution in [2.75, 3.05) is 39.6 Å². The molecular formula is C33H59NO25. The van der Waals surface area contributed by atoms with Crippen LogP contribution in [-0.4, -0.2) is 270 Å². The van der Waals surface area contributed by atoms with Crippen molar-refractivity contribution in [3.05, 3.63) is 0 Å². The molecule has 5 aliphatic rings. The molecule has 26 nitrogen and oxygen atoms in total. The van der Waals surface area contributed by atoms with E-state index in [1.165, 1.54) is 6.92 Å². The summed E-state index contributed by atoms with van der Waals surface area (Å²) in [5, 5.41) is 159. The predicted octanol–water partition coefficient (Wildman–Crippen LogP) is -10.5. The highest BCUT2D eigenvalue weighted by molar-refractivity contribution is 4.99. The van der Waals surface area contributed by atoms with E-state index in [-0.39, 0.29) is 13.2 Å². The summed E-state index contributed by atoms with van der Waals surface area (Å²) in [6.45, 7) is -1.84. The Labute approximate surface area is 336 Å². The fourth-order valence-electron chi connectivity index (χ4n) is 7.34. The maximum absolute atomic E-state index is 11.5. The molecule has 5 aliphatic heterocycles. The van der Waals surface area contributed by atoms with Crippen LogP contribution >= 0.6 is 0 Å². The average Bonchev–Trinajstić information content (AvgIpc) is 3.22. The second-order valence-corrected chi connectivity index (χ2v) is 14.9. The molecule has 25 atom stereocenters. The Morgan fingerprint density at radius 2 is 0.763 bits per heavy atom. The zero-order valence-electron chi connectivity index (χ0n) is 31.8. The molecule has 0 aliphatic carbocycles. The first-order valence-corrected chi connectivity index (χ1v) is 19.2. The van der Waals surface area contributed by atoms with Gasteiger partial charge in [0, 0.05) is 0 Å². The minimum absolute atomic E-state index is 0.0300. The zero-order valence-corrected chi connectivity index (χ0v) is 31.8. The minimum atomic E-state index is -2.13. The second kappa shape index (κ2) is 21.6. The number of aliphatic hydroxyl groups excluding tert-OH is 15. The molecule has 5 fully saturated rings. The smallest absolute Gasteiger partial charge is 0.187 e. The van der Waals surface area contributed by atoms with Gasteiger partial charge in [-0.25, -0.2) is 0 Å². The molecule has 0 aromatic heterocycles. The van der Waals surface area contributed by atoms with Gasteiger partial charge in [0.05, 0.1) is 39.1 Å². The average molecular weight is 870 g/mol. The van der Waals surface area contributed by atoms with Gasteiger partial charge in [0.2, 0.25) is 0 Å². The van der Waals surface area contributed by atoms with E-state index < -0.39 is 180 Å². The Balaban J connectivity index is 1.35. The lowest BCUT2D eigenvalue weighted by atomic mass is 9.95. The minimum Gasteiger partial charge on any atom is -0.394 e. The quantitative estimate of drug-likeness (QED) is 0.0640. The van der Waals surface area contributed by atoms with Crippen molar-refractivity contribution >= 4 is 0 Å². The van der Waals surface area contributed by atoms with Crippen molar-refractivity contribution < 1.29 is 124 Å². The fraction of sp³-hybridized carbons (Fsp3) is 1.00. The number of nitrogens with two attached hydrogens (primary N) is 1. The Morgan fingerprint density at radius 3 is 1.27 bits per heavy atom. The highest BCUT2D eigenvalue weighted by Gasteiger charge is 2.56. The first-order valence-electron chi connectivity index (χ1n) is 19.2. The highest BCUT2D eigenvalue weighted by atomic mass is 16.8. The van der Waals surface area contributed by atoms with Gasteiger partial charge in [0.25, 0.3) is 0 Å². The first-order chi connectivity index (χ1) is 28.0. The zero-order chi connectivity index (χ0) is 43.5. The summed E-state index contributed by atoms with van der Waals surface area (Å²) < 4.78 is 56.2. The summed E-state index contributed by atoms with van der Waals surface area (Å²) in [5.41, 5.74) is 5.49. The topological polar surface area (TPSA) is 422 Å². The standard InChI is InChI=1S/C33H59NO25/c1-9-14(39)25(23(48)31(51-9)57-26-17(42)12(7-37)52-29(22(26)47)50-4-2-3-34)56-32-24(49)27(18(43)13(8-38)54-32)58-33-28(20(45)16(41)11(6-36)55-33)59-30-21(46)19(44)15(40)10(5-35)53-30/h9-33,35-49H,2-8,34H2,1H3/t9-,10+,11+,12+,13+,14-,15+,16+,17+,18+,19-,20-,21-,22+,23+,24-,25+,26-,27-,28-,29+,30+,31-,32-,33-/m0/s1. The van der Waals surface area contributed by atoms with Crippen LogP contribution in [-0.2, 0) is 47.4 Å². The summed E-state index contributed by atoms with van der Waals surface area (Å²) >= 11 is 0. The molecule has 346 valence electrons. The third-order valence-corrected chi connectivity index (χ3v) is 10.9. The number of rotatable bonds is 16. The maximum Gasteiger partial charge on any atom is 0.187 e. The van der Waals surface area contributed by atoms with Gasteiger partial charge in [-0.1, -0.05) is 0 Å². The van der Waals surface area contributed by atoms with Crippen molar-refractivity contribution in [2.45, 2.75) is 167 Å². The maximum atomic E-state index is 11.5. The van der Waals surface area contributed by atoms with Crippen LogP contribution in [0.15, 0.2) is 0 Å². The van der Waals surface area contributed by atoms with Crippen LogP contribution in [0.5, 0.6) is 0 Å². The molecule has 0 unspecified atom stereocenters. The van der Waals surface area contributed by atoms with Gasteiger partial charge >= 0.3 is 0 Å². The van der Waals surface area contributed by atoms with E-state index in [9.17, 15) is 76.6 Å². The van der Waals surface area contributed by atoms with Crippen LogP contribution in [0.2, 0.25) is 0 Å². The third kappa shape index (κ3) is 10.5. The van der Waals surface area contributed by atoms with Crippen LogP contribution in [0.4, 0.5) is 0 Å². The molecule has 0 bridgehead atoms. The normalized spacial score (nSPS) is 51.1. The molecule has 5 heterocycles. The van der Waals surface area contributed by atoms with Crippen molar-refractivity contribution in [3.63, 3.8) is 0 Å². The van der Waals surface area contributed by atoms with E-state index in [1.54, 1.807) is 0 Å². The molecule has 0 spiro atoms. The van der Waals surface area contributed by atoms with Crippen LogP contribution < -0.4 is 5.73 Å². The van der Waals surface area contributed by atoms with Gasteiger partial charge in [-0.05, 0) is 19.9 Å². The molecule has 0 amide bonds. The van der Waals surface area contributed by atoms with E-state index in [2.05, 4.69) is 0 Å². The highest BCUT2D eigenvalue weighted by Crippen LogP contribution is 2.36. The largest absolute Gasteiger partial charge is 0.394 e. The van der Waals surface area contributed by atoms with E-state index in [1.807, 2.05) is 0 Å². The van der Waals surface area contributed by atoms with Gasteiger partial charge in [0.15, 0.2) is 31.5 Å². The van der Waals surface area contributed by atoms with Gasteiger partial charge in [-0.2, -0.15) is 0 Å². The number of hydrogen-bond donors (Lipinski definition) is 16. The van der Waals surface area contributed by atoms with E-state index in [0.717, 1.165) is 0 Å². The third-order valence-electron chi connectivity index (χ3n) is 10.9. The van der Waals surface area contributed by atoms with E-state index in [4.69, 9.17) is 53.1 Å². The molecule has 0 saturated carbocycles. The van der Waals surface area contributed by atoms with E-state index in [0.29, 0.717) is 6.42 Å². The van der Waals surface area contributed by atoms with Crippen molar-refractivity contribution in [1.29, 1.82) is 0 Å². The summed E-state index contributed by atoms with van der Waals surface area (Å²) in [6, 6.07) is 0. The van der Waals surface area contributed by atoms with Gasteiger partial charge < -0.3 is 130 Å². The van der Waals surface area contributed by atoms with Crippen LogP contribution in [0.3, 0.4) is 0 Å². The van der Waals surface area contributed by atoms with Gasteiger partial charge in [-0.3, -0.25) is 0 Å². The molecule has 5 rings (SSSR count). The fourth-order valence-corrected chi connectivity index (χ4v) is 7.34. The lowest BCUT2D eigenvalue weighted by Gasteiger charge is -2.49. The van der Waals surface area contributed by atoms with Gasteiger partial charge in [-0.15, -0.1) is 0 Å². The summed E-state index contributed by atoms with van der Waals surface area (Å²) in [7, 11) is 0. The van der Waals surface area contributed by atoms with Crippen LogP contribution in [0, 0.1) is 0 Å². The Bertz CT molecular complexity index is 1260.